The summed E-state index contributed by atoms with van der Waals surface area (Å²) in [5.41, 5.74) is 7.61. The fourth-order valence-corrected chi connectivity index (χ4v) is 1.87. The molecule has 0 aromatic heterocycles. The molecule has 0 aliphatic carbocycles. The van der Waals surface area contributed by atoms with Crippen molar-refractivity contribution in [3.05, 3.63) is 28.3 Å². The molecular weight excluding hydrogens is 202 g/mol. The highest BCUT2D eigenvalue weighted by Gasteiger charge is 2.16. The summed E-state index contributed by atoms with van der Waals surface area (Å²) >= 11 is 6.07. The predicted octanol–water partition coefficient (Wildman–Crippen LogP) is 1.71. The predicted molar refractivity (Wildman–Crippen MR) is 54.5 cm³/mol. The van der Waals surface area contributed by atoms with Gasteiger partial charge in [0.1, 0.15) is 5.75 Å². The molecule has 1 aliphatic rings. The second kappa shape index (κ2) is 4.17. The Bertz CT molecular complexity index is 341. The van der Waals surface area contributed by atoms with E-state index in [0.29, 0.717) is 19.9 Å². The van der Waals surface area contributed by atoms with Crippen molar-refractivity contribution in [2.45, 2.75) is 13.0 Å². The molecule has 76 valence electrons. The number of halogens is 1. The van der Waals surface area contributed by atoms with Crippen molar-refractivity contribution in [1.29, 1.82) is 0 Å². The van der Waals surface area contributed by atoms with E-state index in [1.165, 1.54) is 0 Å². The molecule has 0 radical (unpaired) electrons. The van der Waals surface area contributed by atoms with Gasteiger partial charge in [-0.25, -0.2) is 0 Å². The third-order valence-corrected chi connectivity index (χ3v) is 2.62. The second-order valence-electron chi connectivity index (χ2n) is 3.15. The molecule has 0 unspecified atom stereocenters. The fourth-order valence-electron chi connectivity index (χ4n) is 1.60. The highest BCUT2D eigenvalue weighted by Crippen LogP contribution is 2.31. The first-order valence-corrected chi connectivity index (χ1v) is 4.91. The van der Waals surface area contributed by atoms with E-state index >= 15 is 0 Å². The lowest BCUT2D eigenvalue weighted by Crippen LogP contribution is -2.15. The van der Waals surface area contributed by atoms with Crippen LogP contribution in [0.4, 0.5) is 0 Å². The van der Waals surface area contributed by atoms with Crippen LogP contribution in [0.5, 0.6) is 5.75 Å². The average molecular weight is 214 g/mol. The van der Waals surface area contributed by atoms with E-state index in [1.54, 1.807) is 0 Å². The number of hydrogen-bond donors (Lipinski definition) is 1. The van der Waals surface area contributed by atoms with Gasteiger partial charge < -0.3 is 15.2 Å². The zero-order valence-electron chi connectivity index (χ0n) is 7.75. The van der Waals surface area contributed by atoms with Crippen molar-refractivity contribution in [3.63, 3.8) is 0 Å². The van der Waals surface area contributed by atoms with Gasteiger partial charge in [0.05, 0.1) is 6.61 Å². The zero-order valence-corrected chi connectivity index (χ0v) is 8.51. The van der Waals surface area contributed by atoms with Crippen LogP contribution in [0.2, 0.25) is 5.02 Å². The summed E-state index contributed by atoms with van der Waals surface area (Å²) in [7, 11) is 0. The Morgan fingerprint density at radius 1 is 1.43 bits per heavy atom. The largest absolute Gasteiger partial charge is 0.467 e. The molecule has 0 saturated carbocycles. The summed E-state index contributed by atoms with van der Waals surface area (Å²) in [6.07, 6.45) is 0.759. The van der Waals surface area contributed by atoms with Crippen LogP contribution in [0.1, 0.15) is 11.1 Å². The van der Waals surface area contributed by atoms with Crippen molar-refractivity contribution < 1.29 is 9.47 Å². The van der Waals surface area contributed by atoms with Crippen LogP contribution in [0.15, 0.2) is 12.1 Å². The molecule has 4 heteroatoms. The fraction of sp³-hybridized carbons (Fsp3) is 0.400. The van der Waals surface area contributed by atoms with Crippen LogP contribution >= 0.6 is 11.6 Å². The first-order valence-electron chi connectivity index (χ1n) is 4.54. The van der Waals surface area contributed by atoms with E-state index in [4.69, 9.17) is 26.8 Å². The molecule has 3 nitrogen and oxygen atoms in total. The molecule has 0 atom stereocenters. The normalized spacial score (nSPS) is 14.7. The Morgan fingerprint density at radius 2 is 2.29 bits per heavy atom. The van der Waals surface area contributed by atoms with Gasteiger partial charge in [-0.1, -0.05) is 11.6 Å². The average Bonchev–Trinajstić information content (AvgIpc) is 2.23. The number of rotatable bonds is 2. The van der Waals surface area contributed by atoms with Gasteiger partial charge >= 0.3 is 0 Å². The minimum atomic E-state index is 0.316. The molecule has 1 heterocycles. The first kappa shape index (κ1) is 9.77. The second-order valence-corrected chi connectivity index (χ2v) is 3.56. The SMILES string of the molecule is NCCc1c(Cl)ccc2c1COCO2. The van der Waals surface area contributed by atoms with Crippen molar-refractivity contribution in [2.75, 3.05) is 13.3 Å². The molecule has 2 rings (SSSR count). The van der Waals surface area contributed by atoms with E-state index in [-0.39, 0.29) is 0 Å². The Kier molecular flexibility index (Phi) is 2.91. The molecule has 0 amide bonds. The number of fused-ring (bicyclic) bond motifs is 1. The number of ether oxygens (including phenoxy) is 2. The third kappa shape index (κ3) is 1.71. The van der Waals surface area contributed by atoms with Gasteiger partial charge in [0, 0.05) is 10.6 Å². The van der Waals surface area contributed by atoms with Crippen LogP contribution in [0, 0.1) is 0 Å². The van der Waals surface area contributed by atoms with Crippen LogP contribution in [-0.2, 0) is 17.8 Å². The molecule has 1 aromatic carbocycles. The summed E-state index contributed by atoms with van der Waals surface area (Å²) in [4.78, 5) is 0. The number of hydrogen-bond acceptors (Lipinski definition) is 3. The smallest absolute Gasteiger partial charge is 0.189 e. The van der Waals surface area contributed by atoms with Gasteiger partial charge in [-0.15, -0.1) is 0 Å². The highest BCUT2D eigenvalue weighted by atomic mass is 35.5. The van der Waals surface area contributed by atoms with Crippen LogP contribution < -0.4 is 10.5 Å². The van der Waals surface area contributed by atoms with E-state index in [0.717, 1.165) is 28.3 Å². The lowest BCUT2D eigenvalue weighted by molar-refractivity contribution is -0.0168. The molecule has 0 fully saturated rings. The van der Waals surface area contributed by atoms with Gasteiger partial charge in [-0.05, 0) is 30.7 Å². The summed E-state index contributed by atoms with van der Waals surface area (Å²) in [5, 5.41) is 0.739. The van der Waals surface area contributed by atoms with Gasteiger partial charge in [0.25, 0.3) is 0 Å². The Labute approximate surface area is 87.8 Å². The minimum Gasteiger partial charge on any atom is -0.467 e. The van der Waals surface area contributed by atoms with Gasteiger partial charge in [0.2, 0.25) is 0 Å². The van der Waals surface area contributed by atoms with Crippen LogP contribution in [-0.4, -0.2) is 13.3 Å². The van der Waals surface area contributed by atoms with E-state index in [9.17, 15) is 0 Å². The van der Waals surface area contributed by atoms with Crippen molar-refractivity contribution in [3.8, 4) is 5.75 Å². The third-order valence-electron chi connectivity index (χ3n) is 2.27. The van der Waals surface area contributed by atoms with E-state index < -0.39 is 0 Å². The number of benzene rings is 1. The Hall–Kier alpha value is -0.770. The molecule has 0 saturated heterocycles. The lowest BCUT2D eigenvalue weighted by atomic mass is 10.0. The topological polar surface area (TPSA) is 44.5 Å². The van der Waals surface area contributed by atoms with Crippen molar-refractivity contribution >= 4 is 11.6 Å². The summed E-state index contributed by atoms with van der Waals surface area (Å²) in [5.74, 6) is 0.865. The molecule has 1 aromatic rings. The molecular formula is C10H12ClNO2. The van der Waals surface area contributed by atoms with Crippen LogP contribution in [0.25, 0.3) is 0 Å². The molecule has 14 heavy (non-hydrogen) atoms. The van der Waals surface area contributed by atoms with Crippen LogP contribution in [0.3, 0.4) is 0 Å². The zero-order chi connectivity index (χ0) is 9.97. The Morgan fingerprint density at radius 3 is 3.07 bits per heavy atom. The molecule has 0 spiro atoms. The maximum atomic E-state index is 6.07. The summed E-state index contributed by atoms with van der Waals surface area (Å²) in [6, 6.07) is 3.72. The lowest BCUT2D eigenvalue weighted by Gasteiger charge is -2.21. The van der Waals surface area contributed by atoms with Crippen molar-refractivity contribution in [2.24, 2.45) is 5.73 Å². The summed E-state index contributed by atoms with van der Waals surface area (Å²) < 4.78 is 10.6. The monoisotopic (exact) mass is 213 g/mol. The van der Waals surface area contributed by atoms with Crippen molar-refractivity contribution in [1.82, 2.24) is 0 Å². The van der Waals surface area contributed by atoms with Gasteiger partial charge in [-0.3, -0.25) is 0 Å². The Balaban J connectivity index is 2.43. The maximum Gasteiger partial charge on any atom is 0.189 e. The molecule has 1 aliphatic heterocycles. The highest BCUT2D eigenvalue weighted by molar-refractivity contribution is 6.31. The minimum absolute atomic E-state index is 0.316. The van der Waals surface area contributed by atoms with Gasteiger partial charge in [-0.2, -0.15) is 0 Å². The van der Waals surface area contributed by atoms with Gasteiger partial charge in [0.15, 0.2) is 6.79 Å². The van der Waals surface area contributed by atoms with E-state index in [1.807, 2.05) is 12.1 Å². The number of nitrogens with two attached hydrogens (primary N) is 1. The first-order chi connectivity index (χ1) is 6.83. The molecule has 2 N–H and O–H groups in total. The van der Waals surface area contributed by atoms with E-state index in [2.05, 4.69) is 0 Å². The maximum absolute atomic E-state index is 6.07. The summed E-state index contributed by atoms with van der Waals surface area (Å²) in [6.45, 7) is 1.46. The standard InChI is InChI=1S/C10H12ClNO2/c11-9-1-2-10-8(5-13-6-14-10)7(9)3-4-12/h1-2H,3-6,12H2. The quantitative estimate of drug-likeness (QED) is 0.814. The molecule has 0 bridgehead atoms.